The van der Waals surface area contributed by atoms with Crippen LogP contribution in [0.3, 0.4) is 0 Å². The van der Waals surface area contributed by atoms with Crippen LogP contribution in [0, 0.1) is 6.92 Å². The van der Waals surface area contributed by atoms with Crippen LogP contribution in [0.1, 0.15) is 11.1 Å². The Balaban J connectivity index is 2.39. The molecule has 0 aliphatic carbocycles. The molecule has 0 aliphatic rings. The number of rotatable bonds is 2. The number of anilines is 3. The number of benzene rings is 2. The molecule has 2 aromatic rings. The van der Waals surface area contributed by atoms with Crippen molar-refractivity contribution in [1.29, 1.82) is 0 Å². The van der Waals surface area contributed by atoms with Crippen molar-refractivity contribution < 1.29 is 13.2 Å². The van der Waals surface area contributed by atoms with Crippen LogP contribution < -0.4 is 11.1 Å². The first kappa shape index (κ1) is 16.0. The Morgan fingerprint density at radius 3 is 2.48 bits per heavy atom. The van der Waals surface area contributed by atoms with Gasteiger partial charge in [0.25, 0.3) is 0 Å². The van der Waals surface area contributed by atoms with Crippen molar-refractivity contribution in [3.05, 3.63) is 51.0 Å². The van der Waals surface area contributed by atoms with Gasteiger partial charge >= 0.3 is 6.18 Å². The van der Waals surface area contributed by atoms with E-state index < -0.39 is 11.7 Å². The minimum absolute atomic E-state index is 0.275. The van der Waals surface area contributed by atoms with Gasteiger partial charge in [0.2, 0.25) is 0 Å². The number of nitrogens with two attached hydrogens (primary N) is 1. The van der Waals surface area contributed by atoms with Crippen LogP contribution in [-0.2, 0) is 6.18 Å². The summed E-state index contributed by atoms with van der Waals surface area (Å²) in [5, 5.41) is 3.41. The maximum atomic E-state index is 12.8. The highest BCUT2D eigenvalue weighted by molar-refractivity contribution is 9.10. The molecule has 7 heteroatoms. The van der Waals surface area contributed by atoms with Crippen molar-refractivity contribution >= 4 is 44.6 Å². The summed E-state index contributed by atoms with van der Waals surface area (Å²) < 4.78 is 39.2. The molecular formula is C14H11BrClF3N2. The van der Waals surface area contributed by atoms with Gasteiger partial charge < -0.3 is 11.1 Å². The summed E-state index contributed by atoms with van der Waals surface area (Å²) in [4.78, 5) is 0. The van der Waals surface area contributed by atoms with Crippen LogP contribution in [0.4, 0.5) is 30.2 Å². The van der Waals surface area contributed by atoms with Gasteiger partial charge in [0.05, 0.1) is 11.3 Å². The Bertz CT molecular complexity index is 687. The van der Waals surface area contributed by atoms with Gasteiger partial charge in [-0.1, -0.05) is 11.6 Å². The summed E-state index contributed by atoms with van der Waals surface area (Å²) >= 11 is 9.36. The Morgan fingerprint density at radius 1 is 1.19 bits per heavy atom. The number of aryl methyl sites for hydroxylation is 1. The fourth-order valence-corrected chi connectivity index (χ4v) is 2.50. The van der Waals surface area contributed by atoms with Crippen molar-refractivity contribution in [3.8, 4) is 0 Å². The Kier molecular flexibility index (Phi) is 4.39. The molecule has 21 heavy (non-hydrogen) atoms. The molecule has 0 heterocycles. The molecular weight excluding hydrogens is 369 g/mol. The largest absolute Gasteiger partial charge is 0.418 e. The predicted molar refractivity (Wildman–Crippen MR) is 83.0 cm³/mol. The van der Waals surface area contributed by atoms with Gasteiger partial charge in [-0.3, -0.25) is 0 Å². The molecule has 0 saturated heterocycles. The van der Waals surface area contributed by atoms with E-state index in [-0.39, 0.29) is 11.4 Å². The first-order valence-corrected chi connectivity index (χ1v) is 7.05. The number of nitrogen functional groups attached to an aromatic ring is 1. The molecule has 0 atom stereocenters. The zero-order valence-corrected chi connectivity index (χ0v) is 13.2. The van der Waals surface area contributed by atoms with E-state index in [0.717, 1.165) is 11.6 Å². The number of halogens is 5. The van der Waals surface area contributed by atoms with Crippen molar-refractivity contribution in [2.75, 3.05) is 11.1 Å². The van der Waals surface area contributed by atoms with E-state index >= 15 is 0 Å². The maximum absolute atomic E-state index is 12.8. The van der Waals surface area contributed by atoms with E-state index in [1.165, 1.54) is 12.1 Å². The Labute approximate surface area is 133 Å². The lowest BCUT2D eigenvalue weighted by Crippen LogP contribution is -2.09. The third-order valence-corrected chi connectivity index (χ3v) is 3.95. The lowest BCUT2D eigenvalue weighted by atomic mass is 10.1. The molecule has 2 aromatic carbocycles. The molecule has 112 valence electrons. The van der Waals surface area contributed by atoms with E-state index in [4.69, 9.17) is 17.3 Å². The zero-order chi connectivity index (χ0) is 15.8. The van der Waals surface area contributed by atoms with Gasteiger partial charge in [0.1, 0.15) is 0 Å². The van der Waals surface area contributed by atoms with Gasteiger partial charge in [0, 0.05) is 20.9 Å². The quantitative estimate of drug-likeness (QED) is 0.651. The minimum atomic E-state index is -4.50. The van der Waals surface area contributed by atoms with Crippen molar-refractivity contribution in [2.24, 2.45) is 0 Å². The molecule has 0 amide bonds. The van der Waals surface area contributed by atoms with Crippen LogP contribution in [0.5, 0.6) is 0 Å². The molecule has 0 saturated carbocycles. The second-order valence-electron chi connectivity index (χ2n) is 4.51. The molecule has 0 radical (unpaired) electrons. The van der Waals surface area contributed by atoms with E-state index in [1.54, 1.807) is 12.1 Å². The summed E-state index contributed by atoms with van der Waals surface area (Å²) in [7, 11) is 0. The molecule has 0 aromatic heterocycles. The molecule has 0 fully saturated rings. The summed E-state index contributed by atoms with van der Waals surface area (Å²) in [5.41, 5.74) is 5.89. The molecule has 0 bridgehead atoms. The smallest absolute Gasteiger partial charge is 0.398 e. The second kappa shape index (κ2) is 5.77. The lowest BCUT2D eigenvalue weighted by Gasteiger charge is -2.14. The molecule has 0 unspecified atom stereocenters. The fourth-order valence-electron chi connectivity index (χ4n) is 1.78. The molecule has 0 aliphatic heterocycles. The van der Waals surface area contributed by atoms with Crippen molar-refractivity contribution in [3.63, 3.8) is 0 Å². The molecule has 2 rings (SSSR count). The number of alkyl halides is 3. The third-order valence-electron chi connectivity index (χ3n) is 2.89. The molecule has 3 N–H and O–H groups in total. The predicted octanol–water partition coefficient (Wildman–Crippen LogP) is 5.76. The topological polar surface area (TPSA) is 38.0 Å². The van der Waals surface area contributed by atoms with Crippen molar-refractivity contribution in [1.82, 2.24) is 0 Å². The summed E-state index contributed by atoms with van der Waals surface area (Å²) in [6.45, 7) is 1.84. The highest BCUT2D eigenvalue weighted by atomic mass is 79.9. The van der Waals surface area contributed by atoms with E-state index in [0.29, 0.717) is 15.2 Å². The van der Waals surface area contributed by atoms with Crippen LogP contribution >= 0.6 is 27.5 Å². The normalized spacial score (nSPS) is 11.5. The fraction of sp³-hybridized carbons (Fsp3) is 0.143. The van der Waals surface area contributed by atoms with Gasteiger partial charge in [-0.05, 0) is 58.7 Å². The average Bonchev–Trinajstić information content (AvgIpc) is 2.37. The number of hydrogen-bond acceptors (Lipinski definition) is 2. The first-order chi connectivity index (χ1) is 9.68. The van der Waals surface area contributed by atoms with Crippen molar-refractivity contribution in [2.45, 2.75) is 13.1 Å². The van der Waals surface area contributed by atoms with Gasteiger partial charge in [0.15, 0.2) is 0 Å². The van der Waals surface area contributed by atoms with E-state index in [2.05, 4.69) is 21.2 Å². The van der Waals surface area contributed by atoms with Crippen LogP contribution in [0.25, 0.3) is 0 Å². The van der Waals surface area contributed by atoms with Crippen LogP contribution in [0.15, 0.2) is 34.8 Å². The number of hydrogen-bond donors (Lipinski definition) is 2. The number of nitrogens with one attached hydrogen (secondary N) is 1. The first-order valence-electron chi connectivity index (χ1n) is 5.88. The van der Waals surface area contributed by atoms with E-state index in [1.807, 2.05) is 6.92 Å². The highest BCUT2D eigenvalue weighted by Crippen LogP contribution is 2.37. The summed E-state index contributed by atoms with van der Waals surface area (Å²) in [5.74, 6) is 0. The third kappa shape index (κ3) is 3.63. The minimum Gasteiger partial charge on any atom is -0.398 e. The SMILES string of the molecule is Cc1cc(Br)c(Nc2ccc(N)c(C(F)(F)F)c2)cc1Cl. The van der Waals surface area contributed by atoms with Gasteiger partial charge in [-0.25, -0.2) is 0 Å². The second-order valence-corrected chi connectivity index (χ2v) is 5.77. The van der Waals surface area contributed by atoms with Gasteiger partial charge in [-0.15, -0.1) is 0 Å². The lowest BCUT2D eigenvalue weighted by molar-refractivity contribution is -0.136. The molecule has 0 spiro atoms. The summed E-state index contributed by atoms with van der Waals surface area (Å²) in [6, 6.07) is 7.09. The average molecular weight is 380 g/mol. The van der Waals surface area contributed by atoms with E-state index in [9.17, 15) is 13.2 Å². The maximum Gasteiger partial charge on any atom is 0.418 e. The van der Waals surface area contributed by atoms with Crippen LogP contribution in [-0.4, -0.2) is 0 Å². The van der Waals surface area contributed by atoms with Crippen LogP contribution in [0.2, 0.25) is 5.02 Å². The summed E-state index contributed by atoms with van der Waals surface area (Å²) in [6.07, 6.45) is -4.50. The highest BCUT2D eigenvalue weighted by Gasteiger charge is 2.33. The standard InChI is InChI=1S/C14H11BrClF3N2/c1-7-4-10(15)13(6-11(7)16)21-8-2-3-12(20)9(5-8)14(17,18)19/h2-6,21H,20H2,1H3. The van der Waals surface area contributed by atoms with Gasteiger partial charge in [-0.2, -0.15) is 13.2 Å². The molecule has 2 nitrogen and oxygen atoms in total. The zero-order valence-electron chi connectivity index (χ0n) is 10.9. The Morgan fingerprint density at radius 2 is 1.86 bits per heavy atom. The monoisotopic (exact) mass is 378 g/mol. The Hall–Kier alpha value is -1.40.